The largest absolute Gasteiger partial charge is 0.374 e. The van der Waals surface area contributed by atoms with Crippen LogP contribution < -0.4 is 0 Å². The van der Waals surface area contributed by atoms with Crippen LogP contribution >= 0.6 is 11.8 Å². The molecule has 0 amide bonds. The predicted molar refractivity (Wildman–Crippen MR) is 59.8 cm³/mol. The molecule has 0 saturated carbocycles. The summed E-state index contributed by atoms with van der Waals surface area (Å²) in [6.07, 6.45) is 3.36. The van der Waals surface area contributed by atoms with Crippen molar-refractivity contribution in [3.63, 3.8) is 0 Å². The van der Waals surface area contributed by atoms with Crippen LogP contribution in [0, 0.1) is 5.92 Å². The van der Waals surface area contributed by atoms with Crippen molar-refractivity contribution in [3.8, 4) is 0 Å². The highest BCUT2D eigenvalue weighted by atomic mass is 32.2. The molecule has 0 spiro atoms. The van der Waals surface area contributed by atoms with E-state index in [1.54, 1.807) is 0 Å². The van der Waals surface area contributed by atoms with Gasteiger partial charge in [0.15, 0.2) is 0 Å². The van der Waals surface area contributed by atoms with Crippen molar-refractivity contribution in [2.75, 3.05) is 19.0 Å². The third-order valence-electron chi connectivity index (χ3n) is 3.09. The highest BCUT2D eigenvalue weighted by Crippen LogP contribution is 2.36. The van der Waals surface area contributed by atoms with E-state index in [-0.39, 0.29) is 0 Å². The zero-order chi connectivity index (χ0) is 9.97. The molecule has 2 saturated heterocycles. The first-order chi connectivity index (χ1) is 6.83. The van der Waals surface area contributed by atoms with Crippen LogP contribution in [0.15, 0.2) is 0 Å². The van der Waals surface area contributed by atoms with E-state index in [4.69, 9.17) is 9.47 Å². The molecule has 3 heteroatoms. The van der Waals surface area contributed by atoms with E-state index in [1.165, 1.54) is 18.6 Å². The Labute approximate surface area is 90.7 Å². The summed E-state index contributed by atoms with van der Waals surface area (Å²) in [6, 6.07) is 0. The molecule has 0 aromatic carbocycles. The summed E-state index contributed by atoms with van der Waals surface area (Å²) >= 11 is 2.04. The molecule has 2 fully saturated rings. The minimum atomic E-state index is 0.381. The lowest BCUT2D eigenvalue weighted by Gasteiger charge is -2.15. The molecule has 14 heavy (non-hydrogen) atoms. The molecule has 82 valence electrons. The lowest BCUT2D eigenvalue weighted by Crippen LogP contribution is -2.26. The van der Waals surface area contributed by atoms with E-state index in [2.05, 4.69) is 13.8 Å². The van der Waals surface area contributed by atoms with E-state index in [9.17, 15) is 0 Å². The SMILES string of the molecule is CCCCSC1COC2C(C)COC12. The highest BCUT2D eigenvalue weighted by molar-refractivity contribution is 8.00. The number of thioether (sulfide) groups is 1. The van der Waals surface area contributed by atoms with Crippen molar-refractivity contribution in [3.05, 3.63) is 0 Å². The van der Waals surface area contributed by atoms with Gasteiger partial charge < -0.3 is 9.47 Å². The Morgan fingerprint density at radius 1 is 1.21 bits per heavy atom. The molecule has 0 aromatic rings. The maximum atomic E-state index is 5.79. The fourth-order valence-electron chi connectivity index (χ4n) is 2.18. The maximum absolute atomic E-state index is 5.79. The van der Waals surface area contributed by atoms with E-state index >= 15 is 0 Å². The third-order valence-corrected chi connectivity index (χ3v) is 4.44. The molecule has 4 atom stereocenters. The molecule has 2 nitrogen and oxygen atoms in total. The lowest BCUT2D eigenvalue weighted by molar-refractivity contribution is 0.0660. The average molecular weight is 216 g/mol. The maximum Gasteiger partial charge on any atom is 0.0980 e. The van der Waals surface area contributed by atoms with Gasteiger partial charge in [0.2, 0.25) is 0 Å². The zero-order valence-corrected chi connectivity index (χ0v) is 9.89. The fourth-order valence-corrected chi connectivity index (χ4v) is 3.53. The number of hydrogen-bond donors (Lipinski definition) is 0. The van der Waals surface area contributed by atoms with Gasteiger partial charge in [0.25, 0.3) is 0 Å². The molecular formula is C11H20O2S. The topological polar surface area (TPSA) is 18.5 Å². The number of fused-ring (bicyclic) bond motifs is 1. The van der Waals surface area contributed by atoms with Gasteiger partial charge in [-0.2, -0.15) is 11.8 Å². The number of rotatable bonds is 4. The van der Waals surface area contributed by atoms with Crippen LogP contribution in [0.1, 0.15) is 26.7 Å². The molecule has 0 bridgehead atoms. The summed E-state index contributed by atoms with van der Waals surface area (Å²) in [7, 11) is 0. The van der Waals surface area contributed by atoms with E-state index in [0.29, 0.717) is 23.4 Å². The molecule has 2 rings (SSSR count). The lowest BCUT2D eigenvalue weighted by atomic mass is 10.0. The first-order valence-electron chi connectivity index (χ1n) is 5.67. The van der Waals surface area contributed by atoms with E-state index in [1.807, 2.05) is 11.8 Å². The van der Waals surface area contributed by atoms with Crippen molar-refractivity contribution in [1.82, 2.24) is 0 Å². The minimum Gasteiger partial charge on any atom is -0.374 e. The number of hydrogen-bond acceptors (Lipinski definition) is 3. The standard InChI is InChI=1S/C11H20O2S/c1-3-4-5-14-9-7-13-10-8(2)6-12-11(9)10/h8-11H,3-7H2,1-2H3. The summed E-state index contributed by atoms with van der Waals surface area (Å²) in [6.45, 7) is 6.25. The molecule has 2 aliphatic rings. The van der Waals surface area contributed by atoms with Gasteiger partial charge in [-0.1, -0.05) is 20.3 Å². The normalized spacial score (nSPS) is 41.6. The van der Waals surface area contributed by atoms with E-state index in [0.717, 1.165) is 13.2 Å². The third kappa shape index (κ3) is 2.10. The summed E-state index contributed by atoms with van der Waals surface area (Å²) in [5.41, 5.74) is 0. The first kappa shape index (κ1) is 10.8. The molecule has 0 aromatic heterocycles. The van der Waals surface area contributed by atoms with Gasteiger partial charge >= 0.3 is 0 Å². The summed E-state index contributed by atoms with van der Waals surface area (Å²) in [5, 5.41) is 0.594. The Bertz CT molecular complexity index is 186. The van der Waals surface area contributed by atoms with Crippen LogP contribution in [0.4, 0.5) is 0 Å². The monoisotopic (exact) mass is 216 g/mol. The van der Waals surface area contributed by atoms with Crippen LogP contribution in [0.2, 0.25) is 0 Å². The van der Waals surface area contributed by atoms with Gasteiger partial charge in [-0.15, -0.1) is 0 Å². The van der Waals surface area contributed by atoms with Gasteiger partial charge in [-0.3, -0.25) is 0 Å². The number of ether oxygens (including phenoxy) is 2. The van der Waals surface area contributed by atoms with Gasteiger partial charge in [-0.25, -0.2) is 0 Å². The van der Waals surface area contributed by atoms with Gasteiger partial charge in [0.1, 0.15) is 0 Å². The Hall–Kier alpha value is 0.270. The average Bonchev–Trinajstić information content (AvgIpc) is 2.72. The second-order valence-corrected chi connectivity index (χ2v) is 5.68. The Balaban J connectivity index is 1.78. The molecule has 0 radical (unpaired) electrons. The molecule has 4 unspecified atom stereocenters. The molecule has 0 aliphatic carbocycles. The van der Waals surface area contributed by atoms with Crippen molar-refractivity contribution >= 4 is 11.8 Å². The molecule has 2 aliphatic heterocycles. The van der Waals surface area contributed by atoms with Crippen LogP contribution in [0.3, 0.4) is 0 Å². The van der Waals surface area contributed by atoms with Crippen LogP contribution in [0.25, 0.3) is 0 Å². The van der Waals surface area contributed by atoms with Crippen molar-refractivity contribution < 1.29 is 9.47 Å². The van der Waals surface area contributed by atoms with E-state index < -0.39 is 0 Å². The first-order valence-corrected chi connectivity index (χ1v) is 6.72. The predicted octanol–water partition coefficient (Wildman–Crippen LogP) is 2.32. The van der Waals surface area contributed by atoms with Gasteiger partial charge in [0, 0.05) is 5.92 Å². The Kier molecular flexibility index (Phi) is 3.74. The zero-order valence-electron chi connectivity index (χ0n) is 9.07. The van der Waals surface area contributed by atoms with Crippen LogP contribution in [0.5, 0.6) is 0 Å². The second kappa shape index (κ2) is 4.86. The number of unbranched alkanes of at least 4 members (excludes halogenated alkanes) is 1. The van der Waals surface area contributed by atoms with Gasteiger partial charge in [-0.05, 0) is 12.2 Å². The summed E-state index contributed by atoms with van der Waals surface area (Å²) in [4.78, 5) is 0. The van der Waals surface area contributed by atoms with Crippen LogP contribution in [-0.2, 0) is 9.47 Å². The smallest absolute Gasteiger partial charge is 0.0980 e. The Morgan fingerprint density at radius 3 is 2.79 bits per heavy atom. The molecule has 2 heterocycles. The van der Waals surface area contributed by atoms with Crippen molar-refractivity contribution in [2.24, 2.45) is 5.92 Å². The van der Waals surface area contributed by atoms with Crippen LogP contribution in [-0.4, -0.2) is 36.4 Å². The summed E-state index contributed by atoms with van der Waals surface area (Å²) < 4.78 is 11.6. The fraction of sp³-hybridized carbons (Fsp3) is 1.00. The quantitative estimate of drug-likeness (QED) is 0.672. The van der Waals surface area contributed by atoms with Crippen molar-refractivity contribution in [2.45, 2.75) is 44.1 Å². The molecule has 0 N–H and O–H groups in total. The second-order valence-electron chi connectivity index (χ2n) is 4.34. The van der Waals surface area contributed by atoms with Crippen molar-refractivity contribution in [1.29, 1.82) is 0 Å². The Morgan fingerprint density at radius 2 is 2.00 bits per heavy atom. The van der Waals surface area contributed by atoms with Gasteiger partial charge in [0.05, 0.1) is 30.7 Å². The summed E-state index contributed by atoms with van der Waals surface area (Å²) in [5.74, 6) is 1.85. The minimum absolute atomic E-state index is 0.381. The highest BCUT2D eigenvalue weighted by Gasteiger charge is 2.45. The molecular weight excluding hydrogens is 196 g/mol.